The van der Waals surface area contributed by atoms with E-state index in [0.29, 0.717) is 15.7 Å². The molecule has 0 radical (unpaired) electrons. The molecule has 0 bridgehead atoms. The van der Waals surface area contributed by atoms with Gasteiger partial charge < -0.3 is 14.6 Å². The van der Waals surface area contributed by atoms with Crippen LogP contribution in [-0.4, -0.2) is 39.5 Å². The van der Waals surface area contributed by atoms with Gasteiger partial charge in [0.2, 0.25) is 5.91 Å². The zero-order valence-corrected chi connectivity index (χ0v) is 23.4. The number of rotatable bonds is 7. The minimum absolute atomic E-state index is 0.0734. The fraction of sp³-hybridized carbons (Fsp3) is 0.286. The summed E-state index contributed by atoms with van der Waals surface area (Å²) in [6.45, 7) is 8.54. The van der Waals surface area contributed by atoms with E-state index < -0.39 is 5.97 Å². The number of benzene rings is 2. The number of aromatic nitrogens is 3. The molecule has 2 aromatic heterocycles. The van der Waals surface area contributed by atoms with Gasteiger partial charge in [0, 0.05) is 23.6 Å². The van der Waals surface area contributed by atoms with E-state index in [4.69, 9.17) is 4.74 Å². The SMILES string of the molecule is COC(=O)c1c(-c2ccc(C)cc2)csc1NC(=O)CSc1nnc(-c2ccc(C(C)(C)C)cc2)n1C. The second-order valence-corrected chi connectivity index (χ2v) is 11.6. The van der Waals surface area contributed by atoms with Gasteiger partial charge in [-0.15, -0.1) is 21.5 Å². The van der Waals surface area contributed by atoms with Gasteiger partial charge >= 0.3 is 5.97 Å². The Morgan fingerprint density at radius 2 is 1.68 bits per heavy atom. The number of amides is 1. The maximum absolute atomic E-state index is 12.8. The van der Waals surface area contributed by atoms with E-state index in [9.17, 15) is 9.59 Å². The molecule has 0 aliphatic rings. The molecule has 37 heavy (non-hydrogen) atoms. The summed E-state index contributed by atoms with van der Waals surface area (Å²) >= 11 is 2.59. The van der Waals surface area contributed by atoms with Crippen LogP contribution in [0.25, 0.3) is 22.5 Å². The Balaban J connectivity index is 1.46. The lowest BCUT2D eigenvalue weighted by Gasteiger charge is -2.19. The molecule has 0 saturated carbocycles. The van der Waals surface area contributed by atoms with Crippen molar-refractivity contribution in [2.75, 3.05) is 18.2 Å². The number of thiophene rings is 1. The molecule has 7 nitrogen and oxygen atoms in total. The van der Waals surface area contributed by atoms with Crippen molar-refractivity contribution in [3.63, 3.8) is 0 Å². The summed E-state index contributed by atoms with van der Waals surface area (Å²) in [7, 11) is 3.22. The van der Waals surface area contributed by atoms with Crippen molar-refractivity contribution in [1.82, 2.24) is 14.8 Å². The van der Waals surface area contributed by atoms with Gasteiger partial charge in [0.25, 0.3) is 0 Å². The topological polar surface area (TPSA) is 86.1 Å². The molecule has 4 aromatic rings. The van der Waals surface area contributed by atoms with Crippen molar-refractivity contribution in [3.8, 4) is 22.5 Å². The summed E-state index contributed by atoms with van der Waals surface area (Å²) in [6, 6.07) is 16.2. The summed E-state index contributed by atoms with van der Waals surface area (Å²) in [4.78, 5) is 25.4. The van der Waals surface area contributed by atoms with E-state index in [2.05, 4.69) is 48.4 Å². The number of esters is 1. The lowest BCUT2D eigenvalue weighted by molar-refractivity contribution is -0.113. The summed E-state index contributed by atoms with van der Waals surface area (Å²) in [5.41, 5.74) is 5.38. The van der Waals surface area contributed by atoms with Crippen LogP contribution in [0, 0.1) is 6.92 Å². The summed E-state index contributed by atoms with van der Waals surface area (Å²) in [5.74, 6) is 0.118. The first kappa shape index (κ1) is 26.6. The van der Waals surface area contributed by atoms with Gasteiger partial charge in [0.1, 0.15) is 10.6 Å². The van der Waals surface area contributed by atoms with Crippen molar-refractivity contribution in [3.05, 3.63) is 70.6 Å². The van der Waals surface area contributed by atoms with Gasteiger partial charge in [-0.05, 0) is 23.5 Å². The second-order valence-electron chi connectivity index (χ2n) is 9.74. The Bertz CT molecular complexity index is 1420. The van der Waals surface area contributed by atoms with Gasteiger partial charge in [0.05, 0.1) is 12.9 Å². The first-order valence-electron chi connectivity index (χ1n) is 11.8. The average molecular weight is 535 g/mol. The number of thioether (sulfide) groups is 1. The number of anilines is 1. The van der Waals surface area contributed by atoms with Crippen molar-refractivity contribution < 1.29 is 14.3 Å². The molecule has 0 saturated heterocycles. The number of hydrogen-bond donors (Lipinski definition) is 1. The Labute approximate surface area is 225 Å². The van der Waals surface area contributed by atoms with E-state index in [1.165, 1.54) is 35.8 Å². The Hall–Kier alpha value is -3.43. The maximum Gasteiger partial charge on any atom is 0.341 e. The summed E-state index contributed by atoms with van der Waals surface area (Å²) < 4.78 is 6.89. The van der Waals surface area contributed by atoms with Crippen LogP contribution in [0.2, 0.25) is 0 Å². The highest BCUT2D eigenvalue weighted by Crippen LogP contribution is 2.36. The minimum atomic E-state index is -0.491. The summed E-state index contributed by atoms with van der Waals surface area (Å²) in [6.07, 6.45) is 0. The molecule has 9 heteroatoms. The number of nitrogens with zero attached hydrogens (tertiary/aromatic N) is 3. The van der Waals surface area contributed by atoms with Crippen molar-refractivity contribution in [2.45, 2.75) is 38.3 Å². The standard InChI is InChI=1S/C28H30N4O3S2/c1-17-7-9-18(10-8-17)21-15-36-25(23(21)26(34)35-6)29-22(33)16-37-27-31-30-24(32(27)5)19-11-13-20(14-12-19)28(2,3)4/h7-15H,16H2,1-6H3,(H,29,33). The smallest absolute Gasteiger partial charge is 0.341 e. The Kier molecular flexibility index (Phi) is 7.85. The van der Waals surface area contributed by atoms with Crippen LogP contribution >= 0.6 is 23.1 Å². The molecule has 1 N–H and O–H groups in total. The van der Waals surface area contributed by atoms with Crippen LogP contribution in [0.4, 0.5) is 5.00 Å². The molecular weight excluding hydrogens is 504 g/mol. The van der Waals surface area contributed by atoms with Gasteiger partial charge in [-0.1, -0.05) is 86.6 Å². The van der Waals surface area contributed by atoms with Crippen molar-refractivity contribution in [1.29, 1.82) is 0 Å². The van der Waals surface area contributed by atoms with Crippen LogP contribution in [0.3, 0.4) is 0 Å². The van der Waals surface area contributed by atoms with Crippen LogP contribution in [-0.2, 0) is 22.0 Å². The summed E-state index contributed by atoms with van der Waals surface area (Å²) in [5, 5.41) is 14.4. The molecule has 192 valence electrons. The first-order chi connectivity index (χ1) is 17.6. The quantitative estimate of drug-likeness (QED) is 0.220. The lowest BCUT2D eigenvalue weighted by Crippen LogP contribution is -2.16. The van der Waals surface area contributed by atoms with Crippen LogP contribution in [0.15, 0.2) is 59.1 Å². The van der Waals surface area contributed by atoms with E-state index in [1.807, 2.05) is 60.3 Å². The molecule has 0 atom stereocenters. The fourth-order valence-corrected chi connectivity index (χ4v) is 5.49. The lowest BCUT2D eigenvalue weighted by atomic mass is 9.87. The van der Waals surface area contributed by atoms with Crippen molar-refractivity contribution in [2.24, 2.45) is 7.05 Å². The third kappa shape index (κ3) is 5.94. The third-order valence-electron chi connectivity index (χ3n) is 5.97. The van der Waals surface area contributed by atoms with E-state index in [-0.39, 0.29) is 17.1 Å². The molecule has 0 aliphatic carbocycles. The van der Waals surface area contributed by atoms with E-state index >= 15 is 0 Å². The molecule has 0 aliphatic heterocycles. The first-order valence-corrected chi connectivity index (χ1v) is 13.6. The maximum atomic E-state index is 12.8. The Morgan fingerprint density at radius 3 is 2.30 bits per heavy atom. The molecule has 4 rings (SSSR count). The molecule has 0 fully saturated rings. The highest BCUT2D eigenvalue weighted by atomic mass is 32.2. The molecular formula is C28H30N4O3S2. The number of hydrogen-bond acceptors (Lipinski definition) is 7. The predicted molar refractivity (Wildman–Crippen MR) is 150 cm³/mol. The average Bonchev–Trinajstić information content (AvgIpc) is 3.45. The molecule has 0 spiro atoms. The number of carbonyl (C=O) groups excluding carboxylic acids is 2. The van der Waals surface area contributed by atoms with Gasteiger partial charge in [-0.25, -0.2) is 4.79 Å². The van der Waals surface area contributed by atoms with Gasteiger partial charge in [-0.2, -0.15) is 0 Å². The Morgan fingerprint density at radius 1 is 1.03 bits per heavy atom. The molecule has 0 unspecified atom stereocenters. The third-order valence-corrected chi connectivity index (χ3v) is 7.89. The highest BCUT2D eigenvalue weighted by Gasteiger charge is 2.23. The highest BCUT2D eigenvalue weighted by molar-refractivity contribution is 7.99. The van der Waals surface area contributed by atoms with Gasteiger partial charge in [0.15, 0.2) is 11.0 Å². The van der Waals surface area contributed by atoms with Crippen LogP contribution in [0.1, 0.15) is 42.3 Å². The normalized spacial score (nSPS) is 11.4. The number of ether oxygens (including phenoxy) is 1. The number of methoxy groups -OCH3 is 1. The molecule has 1 amide bonds. The largest absolute Gasteiger partial charge is 0.465 e. The second kappa shape index (κ2) is 10.9. The van der Waals surface area contributed by atoms with Crippen LogP contribution < -0.4 is 5.32 Å². The van der Waals surface area contributed by atoms with Crippen LogP contribution in [0.5, 0.6) is 0 Å². The van der Waals surface area contributed by atoms with Crippen molar-refractivity contribution >= 4 is 40.0 Å². The van der Waals surface area contributed by atoms with E-state index in [0.717, 1.165) is 28.1 Å². The fourth-order valence-electron chi connectivity index (χ4n) is 3.80. The monoisotopic (exact) mass is 534 g/mol. The number of carbonyl (C=O) groups is 2. The predicted octanol–water partition coefficient (Wildman–Crippen LogP) is 6.33. The minimum Gasteiger partial charge on any atom is -0.465 e. The number of nitrogens with one attached hydrogen (secondary N) is 1. The number of aryl methyl sites for hydroxylation is 1. The van der Waals surface area contributed by atoms with Gasteiger partial charge in [-0.3, -0.25) is 4.79 Å². The van der Waals surface area contributed by atoms with E-state index in [1.54, 1.807) is 0 Å². The zero-order chi connectivity index (χ0) is 26.7. The molecule has 2 heterocycles. The molecule has 2 aromatic carbocycles. The zero-order valence-electron chi connectivity index (χ0n) is 21.8.